The zero-order valence-corrected chi connectivity index (χ0v) is 15.7. The van der Waals surface area contributed by atoms with Crippen LogP contribution in [0.25, 0.3) is 5.82 Å². The van der Waals surface area contributed by atoms with Crippen LogP contribution in [0.3, 0.4) is 0 Å². The zero-order valence-electron chi connectivity index (χ0n) is 15.7. The Kier molecular flexibility index (Phi) is 5.18. The van der Waals surface area contributed by atoms with Crippen molar-refractivity contribution < 1.29 is 9.53 Å². The summed E-state index contributed by atoms with van der Waals surface area (Å²) >= 11 is 0. The Morgan fingerprint density at radius 2 is 1.79 bits per heavy atom. The lowest BCUT2D eigenvalue weighted by molar-refractivity contribution is -0.130. The SMILES string of the molecule is COc1ccccc1CC(=O)N1CCN(c2ccc(-n3ccnc3)nn2)CC1. The number of benzene rings is 1. The summed E-state index contributed by atoms with van der Waals surface area (Å²) < 4.78 is 7.16. The molecule has 1 amide bonds. The number of piperazine rings is 1. The summed E-state index contributed by atoms with van der Waals surface area (Å²) in [4.78, 5) is 20.7. The highest BCUT2D eigenvalue weighted by molar-refractivity contribution is 5.79. The molecule has 1 aliphatic heterocycles. The largest absolute Gasteiger partial charge is 0.496 e. The quantitative estimate of drug-likeness (QED) is 0.671. The highest BCUT2D eigenvalue weighted by atomic mass is 16.5. The number of nitrogens with zero attached hydrogens (tertiary/aromatic N) is 6. The third-order valence-corrected chi connectivity index (χ3v) is 4.90. The van der Waals surface area contributed by atoms with Crippen LogP contribution in [0, 0.1) is 0 Å². The summed E-state index contributed by atoms with van der Waals surface area (Å²) in [5.41, 5.74) is 0.915. The number of methoxy groups -OCH3 is 1. The summed E-state index contributed by atoms with van der Waals surface area (Å²) in [7, 11) is 1.63. The first kappa shape index (κ1) is 18.0. The van der Waals surface area contributed by atoms with Crippen molar-refractivity contribution in [3.05, 3.63) is 60.7 Å². The van der Waals surface area contributed by atoms with Gasteiger partial charge in [0.1, 0.15) is 12.1 Å². The van der Waals surface area contributed by atoms with E-state index in [1.165, 1.54) is 0 Å². The van der Waals surface area contributed by atoms with Crippen LogP contribution < -0.4 is 9.64 Å². The molecule has 8 heteroatoms. The van der Waals surface area contributed by atoms with E-state index < -0.39 is 0 Å². The Morgan fingerprint density at radius 1 is 1.04 bits per heavy atom. The molecule has 2 aromatic heterocycles. The number of amides is 1. The molecule has 8 nitrogen and oxygen atoms in total. The topological polar surface area (TPSA) is 76.4 Å². The maximum atomic E-state index is 12.7. The predicted molar refractivity (Wildman–Crippen MR) is 105 cm³/mol. The minimum absolute atomic E-state index is 0.116. The molecule has 1 aliphatic rings. The number of para-hydroxylation sites is 1. The van der Waals surface area contributed by atoms with Crippen LogP contribution in [0.4, 0.5) is 5.82 Å². The fraction of sp³-hybridized carbons (Fsp3) is 0.300. The van der Waals surface area contributed by atoms with Gasteiger partial charge in [0.25, 0.3) is 0 Å². The summed E-state index contributed by atoms with van der Waals surface area (Å²) in [6, 6.07) is 11.5. The number of anilines is 1. The third kappa shape index (κ3) is 3.80. The van der Waals surface area contributed by atoms with E-state index in [-0.39, 0.29) is 5.91 Å². The molecule has 0 atom stereocenters. The van der Waals surface area contributed by atoms with Crippen molar-refractivity contribution in [1.82, 2.24) is 24.6 Å². The summed E-state index contributed by atoms with van der Waals surface area (Å²) in [5.74, 6) is 2.42. The standard InChI is InChI=1S/C20H22N6O2/c1-28-17-5-3-2-4-16(17)14-20(27)25-12-10-24(11-13-25)18-6-7-19(23-22-18)26-9-8-21-15-26/h2-9,15H,10-14H2,1H3. The maximum Gasteiger partial charge on any atom is 0.227 e. The van der Waals surface area contributed by atoms with E-state index >= 15 is 0 Å². The highest BCUT2D eigenvalue weighted by Crippen LogP contribution is 2.20. The number of rotatable bonds is 5. The van der Waals surface area contributed by atoms with Crippen molar-refractivity contribution >= 4 is 11.7 Å². The molecule has 0 saturated carbocycles. The molecular weight excluding hydrogens is 356 g/mol. The van der Waals surface area contributed by atoms with Crippen LogP contribution in [0.5, 0.6) is 5.75 Å². The van der Waals surface area contributed by atoms with Crippen LogP contribution in [0.15, 0.2) is 55.1 Å². The van der Waals surface area contributed by atoms with Crippen molar-refractivity contribution in [3.8, 4) is 11.6 Å². The average molecular weight is 378 g/mol. The lowest BCUT2D eigenvalue weighted by Gasteiger charge is -2.35. The van der Waals surface area contributed by atoms with Crippen molar-refractivity contribution in [2.45, 2.75) is 6.42 Å². The molecule has 1 aromatic carbocycles. The van der Waals surface area contributed by atoms with Gasteiger partial charge < -0.3 is 14.5 Å². The second-order valence-electron chi connectivity index (χ2n) is 6.58. The lowest BCUT2D eigenvalue weighted by atomic mass is 10.1. The molecule has 0 bridgehead atoms. The van der Waals surface area contributed by atoms with Crippen LogP contribution >= 0.6 is 0 Å². The minimum atomic E-state index is 0.116. The molecule has 0 aliphatic carbocycles. The Morgan fingerprint density at radius 3 is 2.46 bits per heavy atom. The Balaban J connectivity index is 1.34. The molecule has 3 heterocycles. The van der Waals surface area contributed by atoms with Gasteiger partial charge in [0.2, 0.25) is 5.91 Å². The smallest absolute Gasteiger partial charge is 0.227 e. The molecular formula is C20H22N6O2. The molecule has 0 radical (unpaired) electrons. The fourth-order valence-corrected chi connectivity index (χ4v) is 3.33. The number of hydrogen-bond acceptors (Lipinski definition) is 6. The van der Waals surface area contributed by atoms with Crippen LogP contribution in [0.2, 0.25) is 0 Å². The highest BCUT2D eigenvalue weighted by Gasteiger charge is 2.23. The first-order valence-corrected chi connectivity index (χ1v) is 9.21. The Bertz CT molecular complexity index is 918. The monoisotopic (exact) mass is 378 g/mol. The van der Waals surface area contributed by atoms with E-state index in [0.717, 1.165) is 36.0 Å². The lowest BCUT2D eigenvalue weighted by Crippen LogP contribution is -2.49. The summed E-state index contributed by atoms with van der Waals surface area (Å²) in [6.07, 6.45) is 5.58. The van der Waals surface area contributed by atoms with Gasteiger partial charge in [0.05, 0.1) is 13.5 Å². The minimum Gasteiger partial charge on any atom is -0.496 e. The predicted octanol–water partition coefficient (Wildman–Crippen LogP) is 1.56. The zero-order chi connectivity index (χ0) is 19.3. The normalized spacial score (nSPS) is 14.2. The van der Waals surface area contributed by atoms with Crippen molar-refractivity contribution in [3.63, 3.8) is 0 Å². The summed E-state index contributed by atoms with van der Waals surface area (Å²) in [6.45, 7) is 2.80. The van der Waals surface area contributed by atoms with Gasteiger partial charge in [-0.15, -0.1) is 10.2 Å². The van der Waals surface area contributed by atoms with Crippen LogP contribution in [0.1, 0.15) is 5.56 Å². The van der Waals surface area contributed by atoms with Gasteiger partial charge in [-0.1, -0.05) is 18.2 Å². The third-order valence-electron chi connectivity index (χ3n) is 4.90. The second kappa shape index (κ2) is 8.08. The van der Waals surface area contributed by atoms with Crippen molar-refractivity contribution in [2.24, 2.45) is 0 Å². The van der Waals surface area contributed by atoms with Gasteiger partial charge in [-0.2, -0.15) is 0 Å². The molecule has 4 rings (SSSR count). The number of aromatic nitrogens is 4. The van der Waals surface area contributed by atoms with Gasteiger partial charge in [0.15, 0.2) is 11.6 Å². The number of carbonyl (C=O) groups is 1. The van der Waals surface area contributed by atoms with Gasteiger partial charge >= 0.3 is 0 Å². The Labute approximate surface area is 163 Å². The first-order chi connectivity index (χ1) is 13.7. The van der Waals surface area contributed by atoms with Crippen LogP contribution in [-0.2, 0) is 11.2 Å². The molecule has 1 fully saturated rings. The molecule has 3 aromatic rings. The van der Waals surface area contributed by atoms with E-state index in [2.05, 4.69) is 20.1 Å². The average Bonchev–Trinajstić information content (AvgIpc) is 3.29. The van der Waals surface area contributed by atoms with Crippen molar-refractivity contribution in [1.29, 1.82) is 0 Å². The molecule has 144 valence electrons. The van der Waals surface area contributed by atoms with E-state index in [4.69, 9.17) is 4.74 Å². The second-order valence-corrected chi connectivity index (χ2v) is 6.58. The summed E-state index contributed by atoms with van der Waals surface area (Å²) in [5, 5.41) is 8.59. The van der Waals surface area contributed by atoms with E-state index in [1.807, 2.05) is 52.1 Å². The first-order valence-electron chi connectivity index (χ1n) is 9.21. The number of carbonyl (C=O) groups excluding carboxylic acids is 1. The molecule has 1 saturated heterocycles. The number of imidazole rings is 1. The maximum absolute atomic E-state index is 12.7. The van der Waals surface area contributed by atoms with Gasteiger partial charge in [-0.05, 0) is 18.2 Å². The molecule has 28 heavy (non-hydrogen) atoms. The van der Waals surface area contributed by atoms with E-state index in [1.54, 1.807) is 19.6 Å². The van der Waals surface area contributed by atoms with Gasteiger partial charge in [0, 0.05) is 44.1 Å². The number of hydrogen-bond donors (Lipinski definition) is 0. The van der Waals surface area contributed by atoms with Crippen molar-refractivity contribution in [2.75, 3.05) is 38.2 Å². The number of ether oxygens (including phenoxy) is 1. The molecule has 0 spiro atoms. The Hall–Kier alpha value is -3.42. The van der Waals surface area contributed by atoms with Crippen LogP contribution in [-0.4, -0.2) is 63.8 Å². The molecule has 0 N–H and O–H groups in total. The van der Waals surface area contributed by atoms with Gasteiger partial charge in [-0.3, -0.25) is 9.36 Å². The van der Waals surface area contributed by atoms with Gasteiger partial charge in [-0.25, -0.2) is 4.98 Å². The van der Waals surface area contributed by atoms with E-state index in [0.29, 0.717) is 19.5 Å². The fourth-order valence-electron chi connectivity index (χ4n) is 3.33. The van der Waals surface area contributed by atoms with E-state index in [9.17, 15) is 4.79 Å². The molecule has 0 unspecified atom stereocenters.